The normalized spacial score (nSPS) is 11.2. The van der Waals surface area contributed by atoms with Gasteiger partial charge in [-0.1, -0.05) is 43.7 Å². The van der Waals surface area contributed by atoms with Crippen LogP contribution in [0.3, 0.4) is 0 Å². The summed E-state index contributed by atoms with van der Waals surface area (Å²) in [4.78, 5) is 48.6. The highest BCUT2D eigenvalue weighted by molar-refractivity contribution is 5.98. The van der Waals surface area contributed by atoms with Crippen molar-refractivity contribution in [3.8, 4) is 11.5 Å². The molecule has 0 aliphatic rings. The molecule has 0 bridgehead atoms. The first-order valence-corrected chi connectivity index (χ1v) is 12.8. The Morgan fingerprint density at radius 3 is 2.32 bits per heavy atom. The van der Waals surface area contributed by atoms with Gasteiger partial charge in [0, 0.05) is 25.0 Å². The maximum absolute atomic E-state index is 14.6. The highest BCUT2D eigenvalue weighted by atomic mass is 19.1. The second-order valence-electron chi connectivity index (χ2n) is 8.93. The Balaban J connectivity index is 1.77. The average molecular weight is 568 g/mol. The largest absolute Gasteiger partial charge is 0.497 e. The Morgan fingerprint density at radius 1 is 1.00 bits per heavy atom. The Kier molecular flexibility index (Phi) is 11.1. The third kappa shape index (κ3) is 9.31. The number of methoxy groups -OCH3 is 1. The van der Waals surface area contributed by atoms with Gasteiger partial charge in [0.25, 0.3) is 5.69 Å². The topological polar surface area (TPSA) is 146 Å². The number of alkyl carbamates (subject to hydrolysis) is 1. The molecule has 2 N–H and O–H groups in total. The number of nitrogens with zero attached hydrogens (tertiary/aromatic N) is 1. The van der Waals surface area contributed by atoms with Gasteiger partial charge < -0.3 is 24.8 Å². The number of esters is 1. The molecule has 0 saturated carbocycles. The molecular formula is C29H30FN3O8. The van der Waals surface area contributed by atoms with Gasteiger partial charge in [0.1, 0.15) is 18.4 Å². The van der Waals surface area contributed by atoms with E-state index in [1.54, 1.807) is 24.3 Å². The molecule has 0 radical (unpaired) electrons. The molecule has 0 heterocycles. The number of carbonyl (C=O) groups excluding carboxylic acids is 3. The number of benzene rings is 3. The van der Waals surface area contributed by atoms with E-state index in [9.17, 15) is 28.9 Å². The number of nitrogens with one attached hydrogen (secondary N) is 2. The lowest BCUT2D eigenvalue weighted by atomic mass is 10.0. The monoisotopic (exact) mass is 567 g/mol. The number of nitro benzene ring substituents is 1. The van der Waals surface area contributed by atoms with Crippen LogP contribution in [-0.4, -0.2) is 36.0 Å². The minimum atomic E-state index is -1.24. The first kappa shape index (κ1) is 30.5. The van der Waals surface area contributed by atoms with Crippen LogP contribution in [0.25, 0.3) is 0 Å². The van der Waals surface area contributed by atoms with E-state index in [-0.39, 0.29) is 30.8 Å². The smallest absolute Gasteiger partial charge is 0.408 e. The number of anilines is 1. The van der Waals surface area contributed by atoms with E-state index < -0.39 is 40.5 Å². The van der Waals surface area contributed by atoms with Gasteiger partial charge in [-0.25, -0.2) is 9.18 Å². The zero-order chi connectivity index (χ0) is 29.8. The molecule has 3 rings (SSSR count). The van der Waals surface area contributed by atoms with Gasteiger partial charge in [-0.15, -0.1) is 0 Å². The van der Waals surface area contributed by atoms with Crippen molar-refractivity contribution in [2.24, 2.45) is 0 Å². The van der Waals surface area contributed by atoms with Crippen LogP contribution in [0.5, 0.6) is 11.5 Å². The number of non-ortho nitro benzene ring substituents is 1. The van der Waals surface area contributed by atoms with E-state index in [4.69, 9.17) is 14.2 Å². The van der Waals surface area contributed by atoms with E-state index in [1.165, 1.54) is 43.5 Å². The van der Waals surface area contributed by atoms with Gasteiger partial charge in [-0.3, -0.25) is 19.7 Å². The number of nitro groups is 1. The summed E-state index contributed by atoms with van der Waals surface area (Å²) in [5.74, 6) is -2.09. The summed E-state index contributed by atoms with van der Waals surface area (Å²) in [5, 5.41) is 16.0. The third-order valence-electron chi connectivity index (χ3n) is 5.90. The van der Waals surface area contributed by atoms with Crippen molar-refractivity contribution in [1.29, 1.82) is 0 Å². The number of amides is 2. The number of carbonyl (C=O) groups is 3. The van der Waals surface area contributed by atoms with Crippen molar-refractivity contribution in [1.82, 2.24) is 5.32 Å². The molecule has 0 aromatic heterocycles. The fourth-order valence-corrected chi connectivity index (χ4v) is 3.67. The van der Waals surface area contributed by atoms with Crippen molar-refractivity contribution in [2.45, 2.75) is 45.3 Å². The van der Waals surface area contributed by atoms with Gasteiger partial charge in [0.2, 0.25) is 5.91 Å². The zero-order valence-electron chi connectivity index (χ0n) is 22.6. The molecule has 3 aromatic carbocycles. The van der Waals surface area contributed by atoms with E-state index in [0.717, 1.165) is 12.5 Å². The molecule has 3 aromatic rings. The number of para-hydroxylation sites is 1. The van der Waals surface area contributed by atoms with E-state index in [1.807, 2.05) is 6.92 Å². The Labute approximate surface area is 235 Å². The number of hydrogen-bond donors (Lipinski definition) is 2. The van der Waals surface area contributed by atoms with Crippen molar-refractivity contribution in [3.05, 3.63) is 93.8 Å². The van der Waals surface area contributed by atoms with Crippen molar-refractivity contribution in [2.75, 3.05) is 12.4 Å². The van der Waals surface area contributed by atoms with E-state index >= 15 is 0 Å². The van der Waals surface area contributed by atoms with Crippen LogP contribution in [0.4, 0.5) is 20.6 Å². The molecule has 0 aliphatic carbocycles. The van der Waals surface area contributed by atoms with E-state index in [2.05, 4.69) is 10.6 Å². The van der Waals surface area contributed by atoms with Crippen LogP contribution in [-0.2, 0) is 27.4 Å². The van der Waals surface area contributed by atoms with Crippen LogP contribution in [0, 0.1) is 15.9 Å². The fourth-order valence-electron chi connectivity index (χ4n) is 3.67. The van der Waals surface area contributed by atoms with Gasteiger partial charge >= 0.3 is 12.1 Å². The summed E-state index contributed by atoms with van der Waals surface area (Å²) in [6.45, 7) is 1.80. The van der Waals surface area contributed by atoms with Crippen molar-refractivity contribution in [3.63, 3.8) is 0 Å². The van der Waals surface area contributed by atoms with Gasteiger partial charge in [-0.2, -0.15) is 0 Å². The Bertz CT molecular complexity index is 1360. The first-order chi connectivity index (χ1) is 19.7. The zero-order valence-corrected chi connectivity index (χ0v) is 22.6. The lowest BCUT2D eigenvalue weighted by molar-refractivity contribution is -0.384. The Morgan fingerprint density at radius 2 is 1.68 bits per heavy atom. The molecule has 0 fully saturated rings. The summed E-state index contributed by atoms with van der Waals surface area (Å²) in [6.07, 6.45) is 0.369. The molecule has 0 aliphatic heterocycles. The SMILES string of the molecule is CCCCC(=O)Oc1c(F)cccc1NC(=O)[C@H](Cc1ccc([N+](=O)[O-])cc1)NC(=O)OCc1ccc(OC)cc1. The van der Waals surface area contributed by atoms with Gasteiger partial charge in [0.15, 0.2) is 11.6 Å². The molecule has 41 heavy (non-hydrogen) atoms. The number of ether oxygens (including phenoxy) is 3. The predicted octanol–water partition coefficient (Wildman–Crippen LogP) is 5.31. The van der Waals surface area contributed by atoms with Crippen LogP contribution in [0.1, 0.15) is 37.3 Å². The summed E-state index contributed by atoms with van der Waals surface area (Å²) >= 11 is 0. The summed E-state index contributed by atoms with van der Waals surface area (Å²) in [7, 11) is 1.53. The molecule has 0 unspecified atom stereocenters. The standard InChI is InChI=1S/C29H30FN3O8/c1-3-4-8-26(34)41-27-23(30)6-5-7-24(27)31-28(35)25(17-19-9-13-21(14-10-19)33(37)38)32-29(36)40-18-20-11-15-22(39-2)16-12-20/h5-7,9-16,25H,3-4,8,17-18H2,1-2H3,(H,31,35)(H,32,36)/t25-/m0/s1. The second kappa shape index (κ2) is 15.0. The molecule has 216 valence electrons. The molecule has 2 amide bonds. The molecule has 0 spiro atoms. The van der Waals surface area contributed by atoms with Crippen LogP contribution in [0.15, 0.2) is 66.7 Å². The Hall–Kier alpha value is -5.00. The summed E-state index contributed by atoms with van der Waals surface area (Å²) < 4.78 is 30.1. The molecule has 0 saturated heterocycles. The van der Waals surface area contributed by atoms with Crippen molar-refractivity contribution >= 4 is 29.3 Å². The molecule has 11 nitrogen and oxygen atoms in total. The lowest BCUT2D eigenvalue weighted by Crippen LogP contribution is -2.45. The second-order valence-corrected chi connectivity index (χ2v) is 8.93. The maximum atomic E-state index is 14.6. The number of halogens is 1. The fraction of sp³-hybridized carbons (Fsp3) is 0.276. The average Bonchev–Trinajstić information content (AvgIpc) is 2.97. The lowest BCUT2D eigenvalue weighted by Gasteiger charge is -2.20. The number of unbranched alkanes of at least 4 members (excludes halogenated alkanes) is 1. The van der Waals surface area contributed by atoms with Gasteiger partial charge in [-0.05, 0) is 41.8 Å². The molecular weight excluding hydrogens is 537 g/mol. The van der Waals surface area contributed by atoms with Crippen molar-refractivity contribution < 1.29 is 37.9 Å². The predicted molar refractivity (Wildman–Crippen MR) is 147 cm³/mol. The van der Waals surface area contributed by atoms with E-state index in [0.29, 0.717) is 23.3 Å². The molecule has 1 atom stereocenters. The molecule has 12 heteroatoms. The van der Waals surface area contributed by atoms with Crippen LogP contribution < -0.4 is 20.1 Å². The first-order valence-electron chi connectivity index (χ1n) is 12.8. The van der Waals surface area contributed by atoms with Crippen LogP contribution >= 0.6 is 0 Å². The maximum Gasteiger partial charge on any atom is 0.408 e. The highest BCUT2D eigenvalue weighted by Gasteiger charge is 2.25. The summed E-state index contributed by atoms with van der Waals surface area (Å²) in [6, 6.07) is 14.8. The number of rotatable bonds is 13. The van der Waals surface area contributed by atoms with Crippen LogP contribution in [0.2, 0.25) is 0 Å². The van der Waals surface area contributed by atoms with Gasteiger partial charge in [0.05, 0.1) is 17.7 Å². The summed E-state index contributed by atoms with van der Waals surface area (Å²) in [5.41, 5.74) is 0.918. The minimum absolute atomic E-state index is 0.0720. The quantitative estimate of drug-likeness (QED) is 0.122. The third-order valence-corrected chi connectivity index (χ3v) is 5.90. The highest BCUT2D eigenvalue weighted by Crippen LogP contribution is 2.29. The number of hydrogen-bond acceptors (Lipinski definition) is 8. The minimum Gasteiger partial charge on any atom is -0.497 e.